The van der Waals surface area contributed by atoms with E-state index in [9.17, 15) is 14.9 Å². The van der Waals surface area contributed by atoms with E-state index in [1.165, 1.54) is 18.2 Å². The number of nitro groups is 1. The predicted octanol–water partition coefficient (Wildman–Crippen LogP) is 1.59. The van der Waals surface area contributed by atoms with Gasteiger partial charge in [0.2, 0.25) is 0 Å². The highest BCUT2D eigenvalue weighted by atomic mass is 16.6. The predicted molar refractivity (Wildman–Crippen MR) is 82.2 cm³/mol. The van der Waals surface area contributed by atoms with Crippen LogP contribution in [0.4, 0.5) is 11.4 Å². The number of amides is 1. The number of hydrogen-bond acceptors (Lipinski definition) is 5. The quantitative estimate of drug-likeness (QED) is 0.488. The van der Waals surface area contributed by atoms with Crippen LogP contribution in [0.1, 0.15) is 24.2 Å². The van der Waals surface area contributed by atoms with Crippen LogP contribution in [0.2, 0.25) is 0 Å². The van der Waals surface area contributed by atoms with Gasteiger partial charge >= 0.3 is 0 Å². The van der Waals surface area contributed by atoms with Gasteiger partial charge in [-0.3, -0.25) is 14.9 Å². The number of nitrogens with zero attached hydrogens (tertiary/aromatic N) is 3. The molecule has 1 rings (SSSR count). The molecule has 0 spiro atoms. The van der Waals surface area contributed by atoms with Crippen LogP contribution in [0, 0.1) is 10.1 Å². The fraction of sp³-hybridized carbons (Fsp3) is 0.500. The van der Waals surface area contributed by atoms with Gasteiger partial charge in [-0.1, -0.05) is 0 Å². The van der Waals surface area contributed by atoms with Crippen LogP contribution >= 0.6 is 0 Å². The molecule has 21 heavy (non-hydrogen) atoms. The molecule has 1 amide bonds. The minimum Gasteiger partial charge on any atom is -0.393 e. The van der Waals surface area contributed by atoms with Crippen LogP contribution in [0.3, 0.4) is 0 Å². The van der Waals surface area contributed by atoms with Crippen molar-refractivity contribution in [1.82, 2.24) is 9.80 Å². The molecule has 7 heteroatoms. The van der Waals surface area contributed by atoms with E-state index < -0.39 is 4.92 Å². The van der Waals surface area contributed by atoms with E-state index in [1.807, 2.05) is 32.8 Å². The largest absolute Gasteiger partial charge is 0.393 e. The van der Waals surface area contributed by atoms with Crippen molar-refractivity contribution < 1.29 is 9.72 Å². The standard InChI is InChI=1S/C14H22N4O3/c1-5-17(10(2)9-16(3)4)14(19)11-6-7-13(18(20)21)12(15)8-11/h6-8,10H,5,9,15H2,1-4H3. The zero-order valence-corrected chi connectivity index (χ0v) is 12.9. The highest BCUT2D eigenvalue weighted by molar-refractivity contribution is 5.96. The summed E-state index contributed by atoms with van der Waals surface area (Å²) in [6, 6.07) is 4.12. The minimum atomic E-state index is -0.560. The van der Waals surface area contributed by atoms with Gasteiger partial charge in [0, 0.05) is 30.8 Å². The average molecular weight is 294 g/mol. The second kappa shape index (κ2) is 7.03. The van der Waals surface area contributed by atoms with Crippen LogP contribution in [0.25, 0.3) is 0 Å². The fourth-order valence-corrected chi connectivity index (χ4v) is 2.30. The van der Waals surface area contributed by atoms with E-state index in [0.717, 1.165) is 6.54 Å². The Hall–Kier alpha value is -2.15. The van der Waals surface area contributed by atoms with Gasteiger partial charge in [0.25, 0.3) is 11.6 Å². The third-order valence-corrected chi connectivity index (χ3v) is 3.23. The van der Waals surface area contributed by atoms with Gasteiger partial charge < -0.3 is 15.5 Å². The lowest BCUT2D eigenvalue weighted by atomic mass is 10.1. The molecule has 0 aliphatic rings. The molecule has 0 aliphatic heterocycles. The molecule has 1 aromatic rings. The number of nitro benzene ring substituents is 1. The molecule has 0 saturated heterocycles. The number of hydrogen-bond donors (Lipinski definition) is 1. The molecule has 0 aliphatic carbocycles. The van der Waals surface area contributed by atoms with Crippen molar-refractivity contribution in [2.24, 2.45) is 0 Å². The maximum absolute atomic E-state index is 12.5. The van der Waals surface area contributed by atoms with Gasteiger partial charge in [0.05, 0.1) is 4.92 Å². The lowest BCUT2D eigenvalue weighted by molar-refractivity contribution is -0.383. The van der Waals surface area contributed by atoms with Crippen molar-refractivity contribution in [2.45, 2.75) is 19.9 Å². The Morgan fingerprint density at radius 1 is 1.43 bits per heavy atom. The Bertz CT molecular complexity index is 531. The Morgan fingerprint density at radius 2 is 2.05 bits per heavy atom. The topological polar surface area (TPSA) is 92.7 Å². The Morgan fingerprint density at radius 3 is 2.48 bits per heavy atom. The Kier molecular flexibility index (Phi) is 5.66. The summed E-state index contributed by atoms with van der Waals surface area (Å²) >= 11 is 0. The fourth-order valence-electron chi connectivity index (χ4n) is 2.30. The van der Waals surface area contributed by atoms with Crippen molar-refractivity contribution in [2.75, 3.05) is 32.9 Å². The van der Waals surface area contributed by atoms with Crippen LogP contribution < -0.4 is 5.73 Å². The molecule has 1 aromatic carbocycles. The first-order chi connectivity index (χ1) is 9.77. The molecule has 2 N–H and O–H groups in total. The van der Waals surface area contributed by atoms with Gasteiger partial charge in [-0.2, -0.15) is 0 Å². The second-order valence-electron chi connectivity index (χ2n) is 5.23. The minimum absolute atomic E-state index is 0.00201. The van der Waals surface area contributed by atoms with Crippen molar-refractivity contribution in [3.05, 3.63) is 33.9 Å². The highest BCUT2D eigenvalue weighted by Crippen LogP contribution is 2.23. The summed E-state index contributed by atoms with van der Waals surface area (Å²) in [6.07, 6.45) is 0. The summed E-state index contributed by atoms with van der Waals surface area (Å²) in [4.78, 5) is 26.4. The Labute approximate surface area is 124 Å². The zero-order valence-electron chi connectivity index (χ0n) is 12.9. The summed E-state index contributed by atoms with van der Waals surface area (Å²) in [5, 5.41) is 10.7. The molecule has 1 atom stereocenters. The van der Waals surface area contributed by atoms with Crippen LogP contribution in [-0.2, 0) is 0 Å². The third-order valence-electron chi connectivity index (χ3n) is 3.23. The van der Waals surface area contributed by atoms with Gasteiger partial charge in [-0.05, 0) is 40.1 Å². The summed E-state index contributed by atoms with van der Waals surface area (Å²) in [5.41, 5.74) is 5.82. The van der Waals surface area contributed by atoms with Crippen molar-refractivity contribution >= 4 is 17.3 Å². The molecule has 0 bridgehead atoms. The first-order valence-corrected chi connectivity index (χ1v) is 6.77. The Balaban J connectivity index is 3.00. The number of rotatable bonds is 6. The van der Waals surface area contributed by atoms with E-state index in [2.05, 4.69) is 0 Å². The highest BCUT2D eigenvalue weighted by Gasteiger charge is 2.22. The average Bonchev–Trinajstić information content (AvgIpc) is 2.37. The number of nitrogens with two attached hydrogens (primary N) is 1. The second-order valence-corrected chi connectivity index (χ2v) is 5.23. The van der Waals surface area contributed by atoms with Crippen LogP contribution in [0.5, 0.6) is 0 Å². The van der Waals surface area contributed by atoms with E-state index in [4.69, 9.17) is 5.73 Å². The molecule has 0 aromatic heterocycles. The normalized spacial score (nSPS) is 12.2. The van der Waals surface area contributed by atoms with Crippen molar-refractivity contribution in [1.29, 1.82) is 0 Å². The molecule has 0 fully saturated rings. The summed E-state index contributed by atoms with van der Waals surface area (Å²) in [7, 11) is 3.89. The summed E-state index contributed by atoms with van der Waals surface area (Å²) in [5.74, 6) is -0.173. The lowest BCUT2D eigenvalue weighted by Crippen LogP contribution is -2.43. The third kappa shape index (κ3) is 4.16. The van der Waals surface area contributed by atoms with Gasteiger partial charge in [-0.25, -0.2) is 0 Å². The van der Waals surface area contributed by atoms with E-state index in [1.54, 1.807) is 4.90 Å². The maximum atomic E-state index is 12.5. The number of nitrogen functional groups attached to an aromatic ring is 1. The maximum Gasteiger partial charge on any atom is 0.292 e. The molecule has 0 heterocycles. The van der Waals surface area contributed by atoms with Crippen LogP contribution in [0.15, 0.2) is 18.2 Å². The van der Waals surface area contributed by atoms with Crippen LogP contribution in [-0.4, -0.2) is 53.9 Å². The SMILES string of the molecule is CCN(C(=O)c1ccc([N+](=O)[O-])c(N)c1)C(C)CN(C)C. The number of carbonyl (C=O) groups excluding carboxylic acids is 1. The lowest BCUT2D eigenvalue weighted by Gasteiger charge is -2.30. The number of benzene rings is 1. The smallest absolute Gasteiger partial charge is 0.292 e. The zero-order chi connectivity index (χ0) is 16.2. The first-order valence-electron chi connectivity index (χ1n) is 6.77. The van der Waals surface area contributed by atoms with Crippen molar-refractivity contribution in [3.63, 3.8) is 0 Å². The monoisotopic (exact) mass is 294 g/mol. The molecule has 0 saturated carbocycles. The molecule has 116 valence electrons. The van der Waals surface area contributed by atoms with E-state index in [0.29, 0.717) is 12.1 Å². The number of carbonyl (C=O) groups is 1. The summed E-state index contributed by atoms with van der Waals surface area (Å²) in [6.45, 7) is 5.17. The van der Waals surface area contributed by atoms with Crippen molar-refractivity contribution in [3.8, 4) is 0 Å². The molecule has 7 nitrogen and oxygen atoms in total. The number of likely N-dealkylation sites (N-methyl/N-ethyl adjacent to an activating group) is 2. The van der Waals surface area contributed by atoms with Gasteiger partial charge in [0.1, 0.15) is 5.69 Å². The van der Waals surface area contributed by atoms with E-state index >= 15 is 0 Å². The number of anilines is 1. The van der Waals surface area contributed by atoms with Gasteiger partial charge in [-0.15, -0.1) is 0 Å². The van der Waals surface area contributed by atoms with E-state index in [-0.39, 0.29) is 23.3 Å². The molecule has 1 unspecified atom stereocenters. The van der Waals surface area contributed by atoms with Gasteiger partial charge in [0.15, 0.2) is 0 Å². The molecular weight excluding hydrogens is 272 g/mol. The summed E-state index contributed by atoms with van der Waals surface area (Å²) < 4.78 is 0. The molecule has 0 radical (unpaired) electrons. The first kappa shape index (κ1) is 16.9. The molecular formula is C14H22N4O3.